The van der Waals surface area contributed by atoms with Crippen LogP contribution in [0.1, 0.15) is 54.8 Å². The maximum Gasteiger partial charge on any atom is 0.286 e. The van der Waals surface area contributed by atoms with Crippen LogP contribution in [0.25, 0.3) is 6.08 Å². The molecule has 0 bridgehead atoms. The van der Waals surface area contributed by atoms with Gasteiger partial charge in [0.25, 0.3) is 5.91 Å². The Hall–Kier alpha value is -2.79. The summed E-state index contributed by atoms with van der Waals surface area (Å²) in [6.07, 6.45) is 6.76. The molecule has 4 atom stereocenters. The molecule has 2 aromatic rings. The van der Waals surface area contributed by atoms with E-state index >= 15 is 0 Å². The molecule has 6 heteroatoms. The first-order valence-corrected chi connectivity index (χ1v) is 11.8. The Balaban J connectivity index is 1.23. The normalized spacial score (nSPS) is 28.2. The number of rotatable bonds is 3. The van der Waals surface area contributed by atoms with E-state index in [1.807, 2.05) is 24.3 Å². The molecule has 2 amide bonds. The Morgan fingerprint density at radius 2 is 1.91 bits per heavy atom. The fraction of sp³-hybridized carbons (Fsp3) is 0.385. The van der Waals surface area contributed by atoms with E-state index in [-0.39, 0.29) is 41.7 Å². The summed E-state index contributed by atoms with van der Waals surface area (Å²) in [6, 6.07) is 15.6. The number of ether oxygens (including phenoxy) is 1. The van der Waals surface area contributed by atoms with Crippen LogP contribution in [0, 0.1) is 5.92 Å². The first kappa shape index (κ1) is 21.1. The van der Waals surface area contributed by atoms with Crippen molar-refractivity contribution in [3.05, 3.63) is 76.0 Å². The van der Waals surface area contributed by atoms with Crippen molar-refractivity contribution in [3.8, 4) is 0 Å². The highest BCUT2D eigenvalue weighted by atomic mass is 35.5. The smallest absolute Gasteiger partial charge is 0.286 e. The molecule has 0 spiro atoms. The number of fused-ring (bicyclic) bond motifs is 2. The Kier molecular flexibility index (Phi) is 5.92. The van der Waals surface area contributed by atoms with Crippen molar-refractivity contribution in [1.29, 1.82) is 0 Å². The predicted molar refractivity (Wildman–Crippen MR) is 124 cm³/mol. The summed E-state index contributed by atoms with van der Waals surface area (Å²) in [5.74, 6) is -0.0188. The van der Waals surface area contributed by atoms with Gasteiger partial charge in [-0.15, -0.1) is 0 Å². The number of halogens is 1. The van der Waals surface area contributed by atoms with Gasteiger partial charge in [0, 0.05) is 10.9 Å². The second-order valence-corrected chi connectivity index (χ2v) is 9.34. The minimum atomic E-state index is -0.256. The van der Waals surface area contributed by atoms with Crippen LogP contribution in [0.15, 0.2) is 54.3 Å². The fourth-order valence-electron chi connectivity index (χ4n) is 5.16. The van der Waals surface area contributed by atoms with Crippen molar-refractivity contribution in [2.45, 2.75) is 56.7 Å². The summed E-state index contributed by atoms with van der Waals surface area (Å²) in [4.78, 5) is 25.7. The van der Waals surface area contributed by atoms with Gasteiger partial charge in [-0.05, 0) is 67.4 Å². The maximum atomic E-state index is 13.1. The summed E-state index contributed by atoms with van der Waals surface area (Å²) in [5.41, 5.74) is 3.32. The lowest BCUT2D eigenvalue weighted by molar-refractivity contribution is -0.135. The molecule has 3 aliphatic rings. The minimum Gasteiger partial charge on any atom is -0.483 e. The second kappa shape index (κ2) is 8.99. The van der Waals surface area contributed by atoms with E-state index in [0.29, 0.717) is 11.4 Å². The van der Waals surface area contributed by atoms with Crippen molar-refractivity contribution in [2.75, 3.05) is 0 Å². The third-order valence-corrected chi connectivity index (χ3v) is 7.20. The molecule has 0 radical (unpaired) electrons. The summed E-state index contributed by atoms with van der Waals surface area (Å²) >= 11 is 6.22. The lowest BCUT2D eigenvalue weighted by Gasteiger charge is -2.40. The molecule has 2 fully saturated rings. The Labute approximate surface area is 193 Å². The van der Waals surface area contributed by atoms with E-state index in [0.717, 1.165) is 37.7 Å². The van der Waals surface area contributed by atoms with Gasteiger partial charge < -0.3 is 15.4 Å². The molecule has 2 aliphatic carbocycles. The number of benzene rings is 2. The Bertz CT molecular complexity index is 1070. The van der Waals surface area contributed by atoms with Gasteiger partial charge in [0.1, 0.15) is 6.10 Å². The quantitative estimate of drug-likeness (QED) is 0.673. The number of nitrogens with one attached hydrogen (secondary N) is 2. The number of carbonyl (C=O) groups excluding carboxylic acids is 2. The van der Waals surface area contributed by atoms with Crippen LogP contribution in [-0.4, -0.2) is 24.0 Å². The summed E-state index contributed by atoms with van der Waals surface area (Å²) < 4.78 is 6.04. The van der Waals surface area contributed by atoms with Gasteiger partial charge >= 0.3 is 0 Å². The zero-order valence-corrected chi connectivity index (χ0v) is 18.6. The number of morpholine rings is 1. The highest BCUT2D eigenvalue weighted by Crippen LogP contribution is 2.34. The SMILES string of the molecule is O=C1NC2CC(C(=O)NC3CCCc4ccccc43)CCC2O/C1=C/c1ccccc1Cl. The molecule has 1 aliphatic heterocycles. The highest BCUT2D eigenvalue weighted by Gasteiger charge is 2.41. The molecule has 2 aromatic carbocycles. The monoisotopic (exact) mass is 450 g/mol. The van der Waals surface area contributed by atoms with E-state index in [2.05, 4.69) is 28.8 Å². The highest BCUT2D eigenvalue weighted by molar-refractivity contribution is 6.32. The van der Waals surface area contributed by atoms with Gasteiger partial charge in [0.15, 0.2) is 5.76 Å². The lowest BCUT2D eigenvalue weighted by atomic mass is 9.81. The number of hydrogen-bond donors (Lipinski definition) is 2. The number of amides is 2. The zero-order chi connectivity index (χ0) is 22.1. The van der Waals surface area contributed by atoms with Crippen LogP contribution in [0.4, 0.5) is 0 Å². The average molecular weight is 451 g/mol. The van der Waals surface area contributed by atoms with E-state index in [9.17, 15) is 9.59 Å². The molecule has 0 aromatic heterocycles. The van der Waals surface area contributed by atoms with Crippen molar-refractivity contribution in [3.63, 3.8) is 0 Å². The first-order chi connectivity index (χ1) is 15.6. The molecule has 1 saturated heterocycles. The number of hydrogen-bond acceptors (Lipinski definition) is 3. The molecule has 32 heavy (non-hydrogen) atoms. The molecule has 2 N–H and O–H groups in total. The fourth-order valence-corrected chi connectivity index (χ4v) is 5.35. The second-order valence-electron chi connectivity index (χ2n) is 8.93. The summed E-state index contributed by atoms with van der Waals surface area (Å²) in [7, 11) is 0. The summed E-state index contributed by atoms with van der Waals surface area (Å²) in [6.45, 7) is 0. The largest absolute Gasteiger partial charge is 0.483 e. The average Bonchev–Trinajstić information content (AvgIpc) is 2.81. The maximum absolute atomic E-state index is 13.1. The van der Waals surface area contributed by atoms with Crippen LogP contribution >= 0.6 is 11.6 Å². The van der Waals surface area contributed by atoms with Crippen LogP contribution in [0.5, 0.6) is 0 Å². The number of aryl methyl sites for hydroxylation is 1. The van der Waals surface area contributed by atoms with E-state index in [1.54, 1.807) is 12.1 Å². The lowest BCUT2D eigenvalue weighted by Crippen LogP contribution is -2.55. The molecule has 166 valence electrons. The van der Waals surface area contributed by atoms with E-state index in [4.69, 9.17) is 16.3 Å². The molecule has 1 saturated carbocycles. The van der Waals surface area contributed by atoms with Gasteiger partial charge in [-0.3, -0.25) is 9.59 Å². The Morgan fingerprint density at radius 1 is 1.09 bits per heavy atom. The van der Waals surface area contributed by atoms with Crippen molar-refractivity contribution in [2.24, 2.45) is 5.92 Å². The molecule has 1 heterocycles. The van der Waals surface area contributed by atoms with Gasteiger partial charge in [-0.2, -0.15) is 0 Å². The van der Waals surface area contributed by atoms with E-state index < -0.39 is 0 Å². The van der Waals surface area contributed by atoms with Crippen LogP contribution in [-0.2, 0) is 20.7 Å². The topological polar surface area (TPSA) is 67.4 Å². The minimum absolute atomic E-state index is 0.0764. The van der Waals surface area contributed by atoms with Crippen LogP contribution in [0.2, 0.25) is 5.02 Å². The van der Waals surface area contributed by atoms with Crippen LogP contribution in [0.3, 0.4) is 0 Å². The Morgan fingerprint density at radius 3 is 2.78 bits per heavy atom. The van der Waals surface area contributed by atoms with Gasteiger partial charge in [-0.1, -0.05) is 54.1 Å². The molecular formula is C26H27ClN2O3. The third-order valence-electron chi connectivity index (χ3n) is 6.85. The van der Waals surface area contributed by atoms with Crippen LogP contribution < -0.4 is 10.6 Å². The van der Waals surface area contributed by atoms with Crippen molar-refractivity contribution < 1.29 is 14.3 Å². The standard InChI is InChI=1S/C26H27ClN2O3/c27-20-10-4-2-7-17(20)15-24-26(31)29-22-14-18(12-13-23(22)32-24)25(30)28-21-11-5-8-16-6-1-3-9-19(16)21/h1-4,6-7,9-10,15,18,21-23H,5,8,11-14H2,(H,28,30)(H,29,31)/b24-15+. The third kappa shape index (κ3) is 4.26. The van der Waals surface area contributed by atoms with Crippen molar-refractivity contribution in [1.82, 2.24) is 10.6 Å². The first-order valence-electron chi connectivity index (χ1n) is 11.4. The zero-order valence-electron chi connectivity index (χ0n) is 17.9. The molecule has 5 rings (SSSR count). The molecule has 4 unspecified atom stereocenters. The van der Waals surface area contributed by atoms with Gasteiger partial charge in [0.2, 0.25) is 5.91 Å². The predicted octanol–water partition coefficient (Wildman–Crippen LogP) is 4.56. The van der Waals surface area contributed by atoms with Gasteiger partial charge in [-0.25, -0.2) is 0 Å². The van der Waals surface area contributed by atoms with E-state index in [1.165, 1.54) is 11.1 Å². The van der Waals surface area contributed by atoms with Crippen molar-refractivity contribution >= 4 is 29.5 Å². The summed E-state index contributed by atoms with van der Waals surface area (Å²) in [5, 5.41) is 6.91. The van der Waals surface area contributed by atoms with Gasteiger partial charge in [0.05, 0.1) is 12.1 Å². The number of carbonyl (C=O) groups is 2. The molecule has 5 nitrogen and oxygen atoms in total. The molecular weight excluding hydrogens is 424 g/mol.